The van der Waals surface area contributed by atoms with Gasteiger partial charge >= 0.3 is 0 Å². The highest BCUT2D eigenvalue weighted by Gasteiger charge is 2.32. The van der Waals surface area contributed by atoms with E-state index in [0.717, 1.165) is 31.2 Å². The van der Waals surface area contributed by atoms with Crippen LogP contribution in [-0.2, 0) is 14.8 Å². The molecule has 1 heterocycles. The van der Waals surface area contributed by atoms with E-state index in [0.29, 0.717) is 36.3 Å². The summed E-state index contributed by atoms with van der Waals surface area (Å²) in [4.78, 5) is 27.4. The molecule has 0 aromatic heterocycles. The van der Waals surface area contributed by atoms with E-state index in [-0.39, 0.29) is 22.6 Å². The van der Waals surface area contributed by atoms with Crippen LogP contribution in [0, 0.1) is 5.92 Å². The van der Waals surface area contributed by atoms with Gasteiger partial charge in [0.05, 0.1) is 10.8 Å². The fourth-order valence-electron chi connectivity index (χ4n) is 4.07. The number of piperidine rings is 1. The largest absolute Gasteiger partial charge is 0.353 e. The lowest BCUT2D eigenvalue weighted by Gasteiger charge is -2.32. The van der Waals surface area contributed by atoms with Crippen LogP contribution in [-0.4, -0.2) is 44.3 Å². The summed E-state index contributed by atoms with van der Waals surface area (Å²) in [7, 11) is -3.78. The molecule has 0 radical (unpaired) electrons. The molecule has 1 aliphatic heterocycles. The molecule has 1 aliphatic carbocycles. The third-order valence-corrected chi connectivity index (χ3v) is 7.62. The van der Waals surface area contributed by atoms with Crippen molar-refractivity contribution < 1.29 is 18.0 Å². The van der Waals surface area contributed by atoms with Gasteiger partial charge in [-0.2, -0.15) is 0 Å². The highest BCUT2D eigenvalue weighted by molar-refractivity contribution is 7.92. The first-order valence-corrected chi connectivity index (χ1v) is 13.0. The zero-order valence-electron chi connectivity index (χ0n) is 19.1. The highest BCUT2D eigenvalue weighted by atomic mass is 32.2. The Kier molecular flexibility index (Phi) is 6.74. The zero-order chi connectivity index (χ0) is 23.6. The maximum atomic E-state index is 13.1. The fourth-order valence-corrected chi connectivity index (χ4v) is 5.12. The molecule has 4 rings (SSSR count). The molecule has 2 fully saturated rings. The lowest BCUT2D eigenvalue weighted by Crippen LogP contribution is -2.45. The molecule has 0 bridgehead atoms. The second-order valence-electron chi connectivity index (χ2n) is 9.28. The molecule has 2 aliphatic rings. The van der Waals surface area contributed by atoms with Gasteiger partial charge in [-0.1, -0.05) is 32.0 Å². The first-order valence-electron chi connectivity index (χ1n) is 11.6. The van der Waals surface area contributed by atoms with Gasteiger partial charge < -0.3 is 10.2 Å². The minimum atomic E-state index is -3.78. The number of rotatable bonds is 7. The van der Waals surface area contributed by atoms with Crippen molar-refractivity contribution in [3.8, 4) is 0 Å². The van der Waals surface area contributed by atoms with E-state index >= 15 is 0 Å². The van der Waals surface area contributed by atoms with Gasteiger partial charge in [-0.05, 0) is 67.5 Å². The number of nitrogens with zero attached hydrogens (tertiary/aromatic N) is 1. The maximum absolute atomic E-state index is 13.1. The van der Waals surface area contributed by atoms with Crippen LogP contribution in [0.2, 0.25) is 0 Å². The van der Waals surface area contributed by atoms with Crippen molar-refractivity contribution in [3.05, 3.63) is 59.7 Å². The van der Waals surface area contributed by atoms with E-state index in [2.05, 4.69) is 10.0 Å². The van der Waals surface area contributed by atoms with Gasteiger partial charge in [0, 0.05) is 30.4 Å². The first kappa shape index (κ1) is 23.3. The summed E-state index contributed by atoms with van der Waals surface area (Å²) in [6.45, 7) is 5.07. The summed E-state index contributed by atoms with van der Waals surface area (Å²) in [6, 6.07) is 13.6. The number of carbonyl (C=O) groups excluding carboxylic acids is 2. The van der Waals surface area contributed by atoms with Gasteiger partial charge in [0.2, 0.25) is 5.91 Å². The molecule has 7 nitrogen and oxygen atoms in total. The smallest absolute Gasteiger partial charge is 0.261 e. The molecule has 0 spiro atoms. The predicted octanol–water partition coefficient (Wildman–Crippen LogP) is 3.74. The van der Waals surface area contributed by atoms with Crippen molar-refractivity contribution in [2.45, 2.75) is 56.4 Å². The SMILES string of the molecule is CC(C)c1ccc(S(=O)(=O)Nc2cccc(C(=O)N3CCC[C@@H](C(=O)NC4CC4)C3)c2)cc1. The van der Waals surface area contributed by atoms with Gasteiger partial charge in [0.25, 0.3) is 15.9 Å². The van der Waals surface area contributed by atoms with Gasteiger partial charge in [-0.15, -0.1) is 0 Å². The average Bonchev–Trinajstić information content (AvgIpc) is 3.62. The molecule has 2 amide bonds. The van der Waals surface area contributed by atoms with Crippen molar-refractivity contribution in [2.75, 3.05) is 17.8 Å². The second kappa shape index (κ2) is 9.55. The Morgan fingerprint density at radius 3 is 2.42 bits per heavy atom. The van der Waals surface area contributed by atoms with Crippen molar-refractivity contribution >= 4 is 27.5 Å². The van der Waals surface area contributed by atoms with Crippen molar-refractivity contribution in [1.82, 2.24) is 10.2 Å². The van der Waals surface area contributed by atoms with Crippen LogP contribution < -0.4 is 10.0 Å². The Morgan fingerprint density at radius 2 is 1.76 bits per heavy atom. The minimum absolute atomic E-state index is 0.0278. The molecule has 0 unspecified atom stereocenters. The zero-order valence-corrected chi connectivity index (χ0v) is 19.9. The van der Waals surface area contributed by atoms with Gasteiger partial charge in [0.1, 0.15) is 0 Å². The average molecular weight is 470 g/mol. The molecule has 2 aromatic rings. The monoisotopic (exact) mass is 469 g/mol. The molecule has 1 saturated heterocycles. The number of hydrogen-bond acceptors (Lipinski definition) is 4. The van der Waals surface area contributed by atoms with E-state index in [1.807, 2.05) is 26.0 Å². The van der Waals surface area contributed by atoms with E-state index in [4.69, 9.17) is 0 Å². The van der Waals surface area contributed by atoms with E-state index in [9.17, 15) is 18.0 Å². The summed E-state index contributed by atoms with van der Waals surface area (Å²) in [5.74, 6) is -0.0494. The van der Waals surface area contributed by atoms with Crippen LogP contribution in [0.1, 0.15) is 61.4 Å². The first-order chi connectivity index (χ1) is 15.7. The number of anilines is 1. The molecule has 176 valence electrons. The summed E-state index contributed by atoms with van der Waals surface area (Å²) in [5.41, 5.74) is 1.79. The second-order valence-corrected chi connectivity index (χ2v) is 11.0. The van der Waals surface area contributed by atoms with Gasteiger partial charge in [-0.3, -0.25) is 14.3 Å². The molecule has 2 aromatic carbocycles. The summed E-state index contributed by atoms with van der Waals surface area (Å²) >= 11 is 0. The Morgan fingerprint density at radius 1 is 1.03 bits per heavy atom. The molecule has 1 saturated carbocycles. The predicted molar refractivity (Wildman–Crippen MR) is 128 cm³/mol. The number of carbonyl (C=O) groups is 2. The lowest BCUT2D eigenvalue weighted by molar-refractivity contribution is -0.126. The lowest BCUT2D eigenvalue weighted by atomic mass is 9.96. The Balaban J connectivity index is 1.44. The third kappa shape index (κ3) is 5.74. The summed E-state index contributed by atoms with van der Waals surface area (Å²) in [5, 5.41) is 3.03. The van der Waals surface area contributed by atoms with E-state index in [1.54, 1.807) is 41.3 Å². The number of benzene rings is 2. The maximum Gasteiger partial charge on any atom is 0.261 e. The number of likely N-dealkylation sites (tertiary alicyclic amines) is 1. The van der Waals surface area contributed by atoms with Crippen molar-refractivity contribution in [1.29, 1.82) is 0 Å². The summed E-state index contributed by atoms with van der Waals surface area (Å²) < 4.78 is 28.2. The molecule has 1 atom stereocenters. The molecule has 8 heteroatoms. The highest BCUT2D eigenvalue weighted by Crippen LogP contribution is 2.24. The normalized spacial score (nSPS) is 18.8. The number of amides is 2. The van der Waals surface area contributed by atoms with E-state index in [1.165, 1.54) is 0 Å². The molecule has 33 heavy (non-hydrogen) atoms. The van der Waals surface area contributed by atoms with Crippen LogP contribution in [0.4, 0.5) is 5.69 Å². The van der Waals surface area contributed by atoms with Gasteiger partial charge in [-0.25, -0.2) is 8.42 Å². The summed E-state index contributed by atoms with van der Waals surface area (Å²) in [6.07, 6.45) is 3.61. The van der Waals surface area contributed by atoms with Crippen molar-refractivity contribution in [3.63, 3.8) is 0 Å². The number of nitrogens with one attached hydrogen (secondary N) is 2. The topological polar surface area (TPSA) is 95.6 Å². The van der Waals surface area contributed by atoms with Crippen LogP contribution in [0.3, 0.4) is 0 Å². The number of sulfonamides is 1. The Bertz CT molecular complexity index is 1120. The van der Waals surface area contributed by atoms with Crippen LogP contribution in [0.25, 0.3) is 0 Å². The molecule has 2 N–H and O–H groups in total. The molecular weight excluding hydrogens is 438 g/mol. The number of hydrogen-bond donors (Lipinski definition) is 2. The molecular formula is C25H31N3O4S. The van der Waals surface area contributed by atoms with Crippen molar-refractivity contribution in [2.24, 2.45) is 5.92 Å². The van der Waals surface area contributed by atoms with E-state index < -0.39 is 10.0 Å². The Labute approximate surface area is 195 Å². The minimum Gasteiger partial charge on any atom is -0.353 e. The third-order valence-electron chi connectivity index (χ3n) is 6.22. The van der Waals surface area contributed by atoms with Crippen LogP contribution in [0.5, 0.6) is 0 Å². The quantitative estimate of drug-likeness (QED) is 0.646. The Hall–Kier alpha value is -2.87. The van der Waals surface area contributed by atoms with Crippen LogP contribution in [0.15, 0.2) is 53.4 Å². The fraction of sp³-hybridized carbons (Fsp3) is 0.440. The van der Waals surface area contributed by atoms with Gasteiger partial charge in [0.15, 0.2) is 0 Å². The van der Waals surface area contributed by atoms with Crippen LogP contribution >= 0.6 is 0 Å². The standard InChI is InChI=1S/C25H31N3O4S/c1-17(2)18-8-12-23(13-9-18)33(31,32)27-22-7-3-5-19(15-22)25(30)28-14-4-6-20(16-28)24(29)26-21-10-11-21/h3,5,7-9,12-13,15,17,20-21,27H,4,6,10-11,14,16H2,1-2H3,(H,26,29)/t20-/m1/s1.